The number of fused-ring (bicyclic) bond motifs is 1. The van der Waals surface area contributed by atoms with Gasteiger partial charge in [0.1, 0.15) is 19.0 Å². The summed E-state index contributed by atoms with van der Waals surface area (Å²) in [6, 6.07) is 15.2. The van der Waals surface area contributed by atoms with Gasteiger partial charge >= 0.3 is 0 Å². The van der Waals surface area contributed by atoms with E-state index in [1.54, 1.807) is 18.2 Å². The maximum atomic E-state index is 11.5. The number of para-hydroxylation sites is 1. The molecular formula is C18H22N4O4S. The molecule has 0 spiro atoms. The van der Waals surface area contributed by atoms with Gasteiger partial charge in [-0.2, -0.15) is 13.4 Å². The number of hydrogen-bond donors (Lipinski definition) is 1. The molecule has 0 atom stereocenters. The Balaban J connectivity index is 1.65. The predicted molar refractivity (Wildman–Crippen MR) is 104 cm³/mol. The lowest BCUT2D eigenvalue weighted by Gasteiger charge is -2.25. The average Bonchev–Trinajstić information content (AvgIpc) is 2.66. The van der Waals surface area contributed by atoms with E-state index < -0.39 is 10.2 Å². The van der Waals surface area contributed by atoms with Crippen molar-refractivity contribution in [3.8, 4) is 5.75 Å². The Hall–Kier alpha value is -2.78. The lowest BCUT2D eigenvalue weighted by Crippen LogP contribution is -2.34. The quantitative estimate of drug-likeness (QED) is 0.812. The second-order valence-corrected chi connectivity index (χ2v) is 7.67. The summed E-state index contributed by atoms with van der Waals surface area (Å²) < 4.78 is 35.3. The maximum Gasteiger partial charge on any atom is 0.298 e. The fourth-order valence-corrected chi connectivity index (χ4v) is 2.93. The van der Waals surface area contributed by atoms with Crippen LogP contribution in [0.3, 0.4) is 0 Å². The van der Waals surface area contributed by atoms with Crippen LogP contribution in [-0.4, -0.2) is 46.6 Å². The van der Waals surface area contributed by atoms with Gasteiger partial charge in [0.15, 0.2) is 0 Å². The first-order chi connectivity index (χ1) is 12.8. The topological polar surface area (TPSA) is 97.5 Å². The van der Waals surface area contributed by atoms with E-state index in [1.807, 2.05) is 42.3 Å². The summed E-state index contributed by atoms with van der Waals surface area (Å²) in [5, 5.41) is 5.16. The first-order valence-electron chi connectivity index (χ1n) is 8.34. The second-order valence-electron chi connectivity index (χ2n) is 6.09. The van der Waals surface area contributed by atoms with Gasteiger partial charge in [-0.15, -0.1) is 0 Å². The highest BCUT2D eigenvalue weighted by atomic mass is 32.2. The highest BCUT2D eigenvalue weighted by Gasteiger charge is 2.19. The summed E-state index contributed by atoms with van der Waals surface area (Å²) >= 11 is 0. The molecule has 0 saturated heterocycles. The van der Waals surface area contributed by atoms with Gasteiger partial charge < -0.3 is 14.4 Å². The van der Waals surface area contributed by atoms with Gasteiger partial charge in [-0.3, -0.25) is 4.31 Å². The SMILES string of the molecule is CN(CCOc1ccccc1)C1=Nc2ccc(N(C)S(N)(=O)=O)cc2CO1. The number of ether oxygens (including phenoxy) is 2. The number of hydrogen-bond acceptors (Lipinski definition) is 6. The molecule has 0 radical (unpaired) electrons. The van der Waals surface area contributed by atoms with Crippen LogP contribution < -0.4 is 14.2 Å². The number of rotatable bonds is 6. The van der Waals surface area contributed by atoms with E-state index in [9.17, 15) is 8.42 Å². The number of nitrogens with two attached hydrogens (primary N) is 1. The first-order valence-corrected chi connectivity index (χ1v) is 9.85. The third kappa shape index (κ3) is 4.69. The number of likely N-dealkylation sites (N-methyl/N-ethyl adjacent to an activating group) is 1. The monoisotopic (exact) mass is 390 g/mol. The van der Waals surface area contributed by atoms with Crippen LogP contribution in [0.1, 0.15) is 5.56 Å². The van der Waals surface area contributed by atoms with E-state index >= 15 is 0 Å². The van der Waals surface area contributed by atoms with Crippen LogP contribution in [0.2, 0.25) is 0 Å². The molecule has 2 N–H and O–H groups in total. The largest absolute Gasteiger partial charge is 0.492 e. The van der Waals surface area contributed by atoms with E-state index in [1.165, 1.54) is 7.05 Å². The fraction of sp³-hybridized carbons (Fsp3) is 0.278. The van der Waals surface area contributed by atoms with Gasteiger partial charge in [0, 0.05) is 19.7 Å². The zero-order valence-corrected chi connectivity index (χ0v) is 16.0. The van der Waals surface area contributed by atoms with Crippen LogP contribution >= 0.6 is 0 Å². The number of aliphatic imine (C=N–C) groups is 1. The molecule has 1 heterocycles. The molecular weight excluding hydrogens is 368 g/mol. The molecule has 3 rings (SSSR count). The van der Waals surface area contributed by atoms with Crippen LogP contribution in [0.15, 0.2) is 53.5 Å². The van der Waals surface area contributed by atoms with Crippen molar-refractivity contribution in [2.45, 2.75) is 6.61 Å². The zero-order valence-electron chi connectivity index (χ0n) is 15.2. The van der Waals surface area contributed by atoms with Gasteiger partial charge in [0.25, 0.3) is 16.2 Å². The van der Waals surface area contributed by atoms with Crippen molar-refractivity contribution < 1.29 is 17.9 Å². The fourth-order valence-electron chi connectivity index (χ4n) is 2.53. The van der Waals surface area contributed by atoms with Crippen molar-refractivity contribution in [1.82, 2.24) is 4.90 Å². The van der Waals surface area contributed by atoms with E-state index in [-0.39, 0.29) is 0 Å². The maximum absolute atomic E-state index is 11.5. The predicted octanol–water partition coefficient (Wildman–Crippen LogP) is 1.85. The normalized spacial score (nSPS) is 13.2. The van der Waals surface area contributed by atoms with Gasteiger partial charge in [0.05, 0.1) is 17.9 Å². The van der Waals surface area contributed by atoms with Gasteiger partial charge in [-0.1, -0.05) is 18.2 Å². The standard InChI is InChI=1S/C18H22N4O4S/c1-21(10-11-25-16-6-4-3-5-7-16)18-20-17-9-8-15(12-14(17)13-26-18)22(2)27(19,23)24/h3-9,12H,10-11,13H2,1-2H3,(H2,19,23,24). The van der Waals surface area contributed by atoms with Gasteiger partial charge in [-0.25, -0.2) is 5.14 Å². The van der Waals surface area contributed by atoms with Crippen LogP contribution in [0.5, 0.6) is 5.75 Å². The second kappa shape index (κ2) is 7.85. The van der Waals surface area contributed by atoms with Crippen molar-refractivity contribution in [2.24, 2.45) is 10.1 Å². The van der Waals surface area contributed by atoms with Crippen molar-refractivity contribution in [1.29, 1.82) is 0 Å². The molecule has 0 fully saturated rings. The Kier molecular flexibility index (Phi) is 5.52. The van der Waals surface area contributed by atoms with Crippen LogP contribution in [-0.2, 0) is 21.6 Å². The minimum Gasteiger partial charge on any atom is -0.492 e. The van der Waals surface area contributed by atoms with E-state index in [0.29, 0.717) is 31.5 Å². The molecule has 2 aromatic rings. The molecule has 0 bridgehead atoms. The number of anilines is 1. The number of benzene rings is 2. The lowest BCUT2D eigenvalue weighted by molar-refractivity contribution is 0.209. The summed E-state index contributed by atoms with van der Waals surface area (Å²) in [7, 11) is -0.530. The van der Waals surface area contributed by atoms with E-state index in [2.05, 4.69) is 4.99 Å². The summed E-state index contributed by atoms with van der Waals surface area (Å²) in [4.78, 5) is 6.37. The molecule has 1 aliphatic rings. The summed E-state index contributed by atoms with van der Waals surface area (Å²) in [5.74, 6) is 0.814. The van der Waals surface area contributed by atoms with E-state index in [4.69, 9.17) is 14.6 Å². The minimum atomic E-state index is -3.81. The zero-order chi connectivity index (χ0) is 19.4. The number of amidine groups is 1. The Morgan fingerprint density at radius 2 is 1.93 bits per heavy atom. The minimum absolute atomic E-state index is 0.296. The molecule has 27 heavy (non-hydrogen) atoms. The van der Waals surface area contributed by atoms with Crippen molar-refractivity contribution >= 4 is 27.6 Å². The van der Waals surface area contributed by atoms with Crippen LogP contribution in [0.4, 0.5) is 11.4 Å². The Labute approximate surface area is 159 Å². The molecule has 144 valence electrons. The third-order valence-corrected chi connectivity index (χ3v) is 5.12. The molecule has 0 unspecified atom stereocenters. The Morgan fingerprint density at radius 1 is 1.19 bits per heavy atom. The lowest BCUT2D eigenvalue weighted by atomic mass is 10.1. The molecule has 8 nitrogen and oxygen atoms in total. The molecule has 9 heteroatoms. The third-order valence-electron chi connectivity index (χ3n) is 4.15. The summed E-state index contributed by atoms with van der Waals surface area (Å²) in [5.41, 5.74) is 1.99. The average molecular weight is 390 g/mol. The van der Waals surface area contributed by atoms with Crippen LogP contribution in [0.25, 0.3) is 0 Å². The molecule has 2 aromatic carbocycles. The summed E-state index contributed by atoms with van der Waals surface area (Å²) in [6.07, 6.45) is 0. The highest BCUT2D eigenvalue weighted by molar-refractivity contribution is 7.90. The molecule has 0 aliphatic carbocycles. The smallest absolute Gasteiger partial charge is 0.298 e. The van der Waals surface area contributed by atoms with Gasteiger partial charge in [-0.05, 0) is 30.3 Å². The Bertz CT molecular complexity index is 932. The van der Waals surface area contributed by atoms with Gasteiger partial charge in [0.2, 0.25) is 0 Å². The first kappa shape index (κ1) is 19.0. The molecule has 1 aliphatic heterocycles. The highest BCUT2D eigenvalue weighted by Crippen LogP contribution is 2.29. The van der Waals surface area contributed by atoms with Crippen LogP contribution in [0, 0.1) is 0 Å². The van der Waals surface area contributed by atoms with E-state index in [0.717, 1.165) is 21.3 Å². The molecule has 0 aromatic heterocycles. The number of nitrogens with zero attached hydrogens (tertiary/aromatic N) is 3. The van der Waals surface area contributed by atoms with Crippen molar-refractivity contribution in [3.05, 3.63) is 54.1 Å². The molecule has 0 amide bonds. The van der Waals surface area contributed by atoms with Crippen molar-refractivity contribution in [2.75, 3.05) is 31.6 Å². The summed E-state index contributed by atoms with van der Waals surface area (Å²) in [6.45, 7) is 1.40. The Morgan fingerprint density at radius 3 is 2.63 bits per heavy atom. The van der Waals surface area contributed by atoms with Crippen molar-refractivity contribution in [3.63, 3.8) is 0 Å². The molecule has 0 saturated carbocycles.